The summed E-state index contributed by atoms with van der Waals surface area (Å²) in [6, 6.07) is 7.96. The quantitative estimate of drug-likeness (QED) is 0.919. The van der Waals surface area contributed by atoms with Gasteiger partial charge >= 0.3 is 0 Å². The van der Waals surface area contributed by atoms with E-state index < -0.39 is 10.0 Å². The van der Waals surface area contributed by atoms with Crippen molar-refractivity contribution in [3.63, 3.8) is 0 Å². The molecule has 0 fully saturated rings. The smallest absolute Gasteiger partial charge is 0.242 e. The van der Waals surface area contributed by atoms with Crippen molar-refractivity contribution in [3.8, 4) is 6.07 Å². The molecule has 1 heterocycles. The fourth-order valence-electron chi connectivity index (χ4n) is 1.37. The number of benzene rings is 1. The fraction of sp³-hybridized carbons (Fsp3) is 0.0909. The van der Waals surface area contributed by atoms with E-state index in [1.165, 1.54) is 23.5 Å². The number of hydrogen-bond donors (Lipinski definition) is 1. The second-order valence-corrected chi connectivity index (χ2v) is 6.11. The lowest BCUT2D eigenvalue weighted by atomic mass is 10.2. The van der Waals surface area contributed by atoms with Crippen LogP contribution in [-0.2, 0) is 16.6 Å². The number of nitriles is 1. The van der Waals surface area contributed by atoms with Crippen LogP contribution in [0.2, 0.25) is 0 Å². The molecule has 0 spiro atoms. The van der Waals surface area contributed by atoms with E-state index in [9.17, 15) is 8.42 Å². The molecule has 0 unspecified atom stereocenters. The van der Waals surface area contributed by atoms with E-state index >= 15 is 0 Å². The Bertz CT molecular complexity index is 673. The van der Waals surface area contributed by atoms with Crippen LogP contribution >= 0.6 is 11.3 Å². The van der Waals surface area contributed by atoms with Crippen molar-refractivity contribution < 1.29 is 8.42 Å². The minimum Gasteiger partial charge on any atom is -0.253 e. The first-order chi connectivity index (χ1) is 8.63. The first kappa shape index (κ1) is 12.7. The molecule has 5 nitrogen and oxygen atoms in total. The molecule has 0 aliphatic heterocycles. The minimum atomic E-state index is -3.67. The normalized spacial score (nSPS) is 11.1. The average molecular weight is 279 g/mol. The summed E-state index contributed by atoms with van der Waals surface area (Å²) >= 11 is 1.37. The van der Waals surface area contributed by atoms with Gasteiger partial charge in [-0.05, 0) is 12.1 Å². The SMILES string of the molecule is N#Cc1ccccc1S(=O)(=O)NCc1cncs1. The van der Waals surface area contributed by atoms with Gasteiger partial charge in [0.1, 0.15) is 6.07 Å². The number of aromatic nitrogens is 1. The second-order valence-electron chi connectivity index (χ2n) is 3.40. The largest absolute Gasteiger partial charge is 0.253 e. The van der Waals surface area contributed by atoms with Gasteiger partial charge in [0.25, 0.3) is 0 Å². The third kappa shape index (κ3) is 2.73. The number of sulfonamides is 1. The van der Waals surface area contributed by atoms with Gasteiger partial charge in [-0.1, -0.05) is 12.1 Å². The van der Waals surface area contributed by atoms with Gasteiger partial charge in [0.05, 0.1) is 16.0 Å². The number of nitrogens with zero attached hydrogens (tertiary/aromatic N) is 2. The third-order valence-electron chi connectivity index (χ3n) is 2.22. The molecule has 0 atom stereocenters. The number of nitrogens with one attached hydrogen (secondary N) is 1. The summed E-state index contributed by atoms with van der Waals surface area (Å²) in [6.45, 7) is 0.173. The summed E-state index contributed by atoms with van der Waals surface area (Å²) in [4.78, 5) is 4.67. The Morgan fingerprint density at radius 1 is 1.39 bits per heavy atom. The third-order valence-corrected chi connectivity index (χ3v) is 4.46. The van der Waals surface area contributed by atoms with Gasteiger partial charge in [0, 0.05) is 17.6 Å². The predicted molar refractivity (Wildman–Crippen MR) is 67.3 cm³/mol. The highest BCUT2D eigenvalue weighted by Crippen LogP contribution is 2.15. The Balaban J connectivity index is 2.23. The van der Waals surface area contributed by atoms with Crippen LogP contribution in [0, 0.1) is 11.3 Å². The van der Waals surface area contributed by atoms with Gasteiger partial charge in [-0.15, -0.1) is 11.3 Å². The lowest BCUT2D eigenvalue weighted by molar-refractivity contribution is 0.581. The zero-order chi connectivity index (χ0) is 13.0. The lowest BCUT2D eigenvalue weighted by Crippen LogP contribution is -2.23. The van der Waals surface area contributed by atoms with Gasteiger partial charge in [0.15, 0.2) is 0 Å². The van der Waals surface area contributed by atoms with Crippen molar-refractivity contribution in [3.05, 3.63) is 46.4 Å². The number of rotatable bonds is 4. The summed E-state index contributed by atoms with van der Waals surface area (Å²) < 4.78 is 26.5. The molecule has 18 heavy (non-hydrogen) atoms. The number of hydrogen-bond acceptors (Lipinski definition) is 5. The molecule has 1 aromatic heterocycles. The summed E-state index contributed by atoms with van der Waals surface area (Å²) in [5.74, 6) is 0. The van der Waals surface area contributed by atoms with Crippen LogP contribution in [-0.4, -0.2) is 13.4 Å². The topological polar surface area (TPSA) is 82.8 Å². The molecule has 0 aliphatic rings. The molecule has 0 saturated carbocycles. The van der Waals surface area contributed by atoms with E-state index in [1.54, 1.807) is 23.8 Å². The van der Waals surface area contributed by atoms with Gasteiger partial charge in [-0.25, -0.2) is 13.1 Å². The standard InChI is InChI=1S/C11H9N3O2S2/c12-5-9-3-1-2-4-11(9)18(15,16)14-7-10-6-13-8-17-10/h1-4,6,8,14H,7H2. The van der Waals surface area contributed by atoms with E-state index in [4.69, 9.17) is 5.26 Å². The van der Waals surface area contributed by atoms with Crippen molar-refractivity contribution in [2.24, 2.45) is 0 Å². The second kappa shape index (κ2) is 5.27. The molecule has 1 aromatic carbocycles. The van der Waals surface area contributed by atoms with Crippen LogP contribution in [0.1, 0.15) is 10.4 Å². The number of thiazole rings is 1. The van der Waals surface area contributed by atoms with Crippen molar-refractivity contribution in [1.82, 2.24) is 9.71 Å². The summed E-state index contributed by atoms with van der Waals surface area (Å²) in [6.07, 6.45) is 1.60. The van der Waals surface area contributed by atoms with E-state index in [0.29, 0.717) is 0 Å². The van der Waals surface area contributed by atoms with E-state index in [1.807, 2.05) is 6.07 Å². The monoisotopic (exact) mass is 279 g/mol. The highest BCUT2D eigenvalue weighted by atomic mass is 32.2. The zero-order valence-corrected chi connectivity index (χ0v) is 10.8. The van der Waals surface area contributed by atoms with Crippen molar-refractivity contribution in [2.75, 3.05) is 0 Å². The lowest BCUT2D eigenvalue weighted by Gasteiger charge is -2.06. The van der Waals surface area contributed by atoms with Crippen LogP contribution in [0.3, 0.4) is 0 Å². The maximum atomic E-state index is 12.0. The molecular formula is C11H9N3O2S2. The summed E-state index contributed by atoms with van der Waals surface area (Å²) in [5, 5.41) is 8.88. The molecule has 0 saturated heterocycles. The Labute approximate surface area is 109 Å². The average Bonchev–Trinajstić information content (AvgIpc) is 2.89. The van der Waals surface area contributed by atoms with Gasteiger partial charge in [-0.3, -0.25) is 4.98 Å². The molecule has 2 aromatic rings. The van der Waals surface area contributed by atoms with Crippen LogP contribution in [0.4, 0.5) is 0 Å². The molecule has 0 aliphatic carbocycles. The van der Waals surface area contributed by atoms with Crippen LogP contribution in [0.25, 0.3) is 0 Å². The highest BCUT2D eigenvalue weighted by molar-refractivity contribution is 7.89. The molecule has 7 heteroatoms. The summed E-state index contributed by atoms with van der Waals surface area (Å²) in [5.41, 5.74) is 1.77. The first-order valence-corrected chi connectivity index (χ1v) is 7.36. The Hall–Kier alpha value is -1.75. The Kier molecular flexibility index (Phi) is 3.72. The first-order valence-electron chi connectivity index (χ1n) is 4.99. The molecule has 0 bridgehead atoms. The molecule has 0 amide bonds. The molecular weight excluding hydrogens is 270 g/mol. The molecule has 0 radical (unpaired) electrons. The van der Waals surface area contributed by atoms with Crippen molar-refractivity contribution >= 4 is 21.4 Å². The van der Waals surface area contributed by atoms with E-state index in [-0.39, 0.29) is 17.0 Å². The minimum absolute atomic E-state index is 0.00276. The molecule has 92 valence electrons. The van der Waals surface area contributed by atoms with Gasteiger partial charge < -0.3 is 0 Å². The van der Waals surface area contributed by atoms with Gasteiger partial charge in [0.2, 0.25) is 10.0 Å². The Morgan fingerprint density at radius 2 is 2.17 bits per heavy atom. The summed E-state index contributed by atoms with van der Waals surface area (Å²) in [7, 11) is -3.67. The van der Waals surface area contributed by atoms with E-state index in [2.05, 4.69) is 9.71 Å². The molecule has 1 N–H and O–H groups in total. The van der Waals surface area contributed by atoms with E-state index in [0.717, 1.165) is 4.88 Å². The van der Waals surface area contributed by atoms with Crippen LogP contribution in [0.15, 0.2) is 40.9 Å². The van der Waals surface area contributed by atoms with Crippen molar-refractivity contribution in [2.45, 2.75) is 11.4 Å². The van der Waals surface area contributed by atoms with Crippen molar-refractivity contribution in [1.29, 1.82) is 5.26 Å². The molecule has 2 rings (SSSR count). The Morgan fingerprint density at radius 3 is 2.83 bits per heavy atom. The van der Waals surface area contributed by atoms with Crippen LogP contribution < -0.4 is 4.72 Å². The fourth-order valence-corrected chi connectivity index (χ4v) is 3.15. The highest BCUT2D eigenvalue weighted by Gasteiger charge is 2.17. The zero-order valence-electron chi connectivity index (χ0n) is 9.20. The van der Waals surface area contributed by atoms with Gasteiger partial charge in [-0.2, -0.15) is 5.26 Å². The predicted octanol–water partition coefficient (Wildman–Crippen LogP) is 1.49. The maximum absolute atomic E-state index is 12.0. The maximum Gasteiger partial charge on any atom is 0.242 e. The van der Waals surface area contributed by atoms with Crippen LogP contribution in [0.5, 0.6) is 0 Å².